The van der Waals surface area contributed by atoms with E-state index in [1.165, 1.54) is 84.7 Å². The Bertz CT molecular complexity index is 5740. The lowest BCUT2D eigenvalue weighted by atomic mass is 10.0. The molecular weight excluding hydrogens is 1390 g/mol. The topological polar surface area (TPSA) is 64.5 Å². The molecule has 0 saturated carbocycles. The minimum absolute atomic E-state index is 0.901. The van der Waals surface area contributed by atoms with Crippen LogP contribution in [0, 0.1) is 10.8 Å². The lowest BCUT2D eigenvalue weighted by Gasteiger charge is -2.33. The van der Waals surface area contributed by atoms with E-state index in [1.54, 1.807) is 0 Å². The van der Waals surface area contributed by atoms with Gasteiger partial charge >= 0.3 is 0 Å². The zero-order valence-electron chi connectivity index (χ0n) is 55.0. The molecule has 0 unspecified atom stereocenters. The van der Waals surface area contributed by atoms with Gasteiger partial charge in [0.05, 0.1) is 89.6 Å². The summed E-state index contributed by atoms with van der Waals surface area (Å²) in [4.78, 5) is 40.5. The number of aromatic nitrogens is 4. The fourth-order valence-corrected chi connectivity index (χ4v) is 19.2. The Labute approximate surface area is 625 Å². The SMILES string of the molecule is ClC#CCl.c1ccc2c(c1)Sc1ccccc1N2c1ccc2c(ccc3nc4ccc5cc(N6c7ccccc7Sc7ccccc76)ccc5c4nc32)c1.c1ccc2c(c1)Sc1ccccc1N2c1ccc2c(ccc3nc4ccc5cc(N6c7ccccc7Sc7ccccc76)ccc5c4nc32)c1. The van der Waals surface area contributed by atoms with Crippen LogP contribution in [0.2, 0.25) is 0 Å². The van der Waals surface area contributed by atoms with Crippen molar-refractivity contribution in [3.05, 3.63) is 315 Å². The van der Waals surface area contributed by atoms with Gasteiger partial charge in [-0.15, -0.1) is 0 Å². The number of anilines is 12. The summed E-state index contributed by atoms with van der Waals surface area (Å²) in [6.45, 7) is 0. The molecule has 0 amide bonds. The molecular formula is C90H52Cl2N8S4. The molecule has 0 aliphatic carbocycles. The molecule has 0 radical (unpaired) electrons. The van der Waals surface area contributed by atoms with E-state index in [2.05, 4.69) is 335 Å². The molecule has 0 fully saturated rings. The van der Waals surface area contributed by atoms with Crippen molar-refractivity contribution >= 4 is 226 Å². The molecule has 8 nitrogen and oxygen atoms in total. The van der Waals surface area contributed by atoms with Crippen LogP contribution in [0.3, 0.4) is 0 Å². The summed E-state index contributed by atoms with van der Waals surface area (Å²) in [6, 6.07) is 113. The van der Waals surface area contributed by atoms with Gasteiger partial charge in [-0.3, -0.25) is 0 Å². The Balaban J connectivity index is 0.000000132. The van der Waals surface area contributed by atoms with Crippen LogP contribution in [0.25, 0.3) is 87.2 Å². The standard InChI is InChI=1S/2C44H26N4S2.C2Cl2/c2*1-5-13-39-35(9-1)47(36-10-2-6-14-40(36)49-39)29-19-21-31-27(25-29)17-23-33-43(31)46-44-32-22-20-30(26-28(32)18-24-34(44)45-33)48-37-11-3-7-15-41(37)50-42-16-8-4-12-38(42)48;3-1-2-4/h2*1-26H;. The number of benzene rings is 16. The summed E-state index contributed by atoms with van der Waals surface area (Å²) >= 11 is 16.7. The Morgan fingerprint density at radius 2 is 0.404 bits per heavy atom. The quantitative estimate of drug-likeness (QED) is 0.0958. The van der Waals surface area contributed by atoms with Gasteiger partial charge in [-0.1, -0.05) is 193 Å². The van der Waals surface area contributed by atoms with Gasteiger partial charge in [-0.05, 0) is 215 Å². The number of nitrogens with zero attached hydrogens (tertiary/aromatic N) is 8. The van der Waals surface area contributed by atoms with Gasteiger partial charge in [-0.25, -0.2) is 19.9 Å². The molecule has 16 aromatic carbocycles. The minimum Gasteiger partial charge on any atom is -0.308 e. The molecule has 4 aliphatic rings. The largest absolute Gasteiger partial charge is 0.308 e. The molecule has 6 heterocycles. The summed E-state index contributed by atoms with van der Waals surface area (Å²) in [6.07, 6.45) is 0. The van der Waals surface area contributed by atoms with Crippen LogP contribution in [0.5, 0.6) is 0 Å². The second-order valence-electron chi connectivity index (χ2n) is 25.5. The van der Waals surface area contributed by atoms with Crippen molar-refractivity contribution in [2.75, 3.05) is 19.6 Å². The van der Waals surface area contributed by atoms with Crippen LogP contribution >= 0.6 is 70.2 Å². The first-order chi connectivity index (χ1) is 51.4. The highest BCUT2D eigenvalue weighted by Gasteiger charge is 2.30. The maximum Gasteiger partial charge on any atom is 0.0973 e. The molecule has 14 heteroatoms. The van der Waals surface area contributed by atoms with Crippen LogP contribution < -0.4 is 19.6 Å². The van der Waals surface area contributed by atoms with E-state index in [-0.39, 0.29) is 0 Å². The van der Waals surface area contributed by atoms with Crippen molar-refractivity contribution in [2.45, 2.75) is 39.2 Å². The van der Waals surface area contributed by atoms with E-state index >= 15 is 0 Å². The second-order valence-corrected chi connectivity index (χ2v) is 30.2. The fourth-order valence-electron chi connectivity index (χ4n) is 15.0. The first-order valence-corrected chi connectivity index (χ1v) is 38.0. The molecule has 104 heavy (non-hydrogen) atoms. The number of fused-ring (bicyclic) bond motifs is 20. The van der Waals surface area contributed by atoms with Crippen LogP contribution in [-0.4, -0.2) is 19.9 Å². The van der Waals surface area contributed by atoms with Crippen LogP contribution in [0.15, 0.2) is 355 Å². The Morgan fingerprint density at radius 3 is 0.596 bits per heavy atom. The van der Waals surface area contributed by atoms with Crippen molar-refractivity contribution in [1.82, 2.24) is 19.9 Å². The van der Waals surface area contributed by atoms with Crippen molar-refractivity contribution < 1.29 is 0 Å². The fraction of sp³-hybridized carbons (Fsp3) is 0. The third kappa shape index (κ3) is 10.6. The molecule has 0 bridgehead atoms. The Morgan fingerprint density at radius 1 is 0.212 bits per heavy atom. The number of hydrogen-bond acceptors (Lipinski definition) is 12. The maximum absolute atomic E-state index is 5.37. The van der Waals surface area contributed by atoms with Gasteiger partial charge in [0.15, 0.2) is 0 Å². The maximum atomic E-state index is 5.37. The van der Waals surface area contributed by atoms with E-state index in [0.29, 0.717) is 0 Å². The van der Waals surface area contributed by atoms with Crippen molar-refractivity contribution in [2.24, 2.45) is 0 Å². The van der Waals surface area contributed by atoms with Gasteiger partial charge in [0, 0.05) is 94.2 Å². The lowest BCUT2D eigenvalue weighted by Crippen LogP contribution is -2.14. The number of rotatable bonds is 4. The normalized spacial score (nSPS) is 13.0. The highest BCUT2D eigenvalue weighted by atomic mass is 35.5. The molecule has 0 saturated heterocycles. The van der Waals surface area contributed by atoms with Crippen LogP contribution in [-0.2, 0) is 0 Å². The molecule has 2 aromatic heterocycles. The van der Waals surface area contributed by atoms with Crippen LogP contribution in [0.1, 0.15) is 0 Å². The zero-order valence-corrected chi connectivity index (χ0v) is 59.8. The first kappa shape index (κ1) is 62.3. The Hall–Kier alpha value is -11.5. The molecule has 22 rings (SSSR count). The highest BCUT2D eigenvalue weighted by molar-refractivity contribution is 8.00. The van der Waals surface area contributed by atoms with E-state index in [0.717, 1.165) is 110 Å². The predicted octanol–water partition coefficient (Wildman–Crippen LogP) is 27.3. The van der Waals surface area contributed by atoms with Crippen molar-refractivity contribution in [3.63, 3.8) is 0 Å². The lowest BCUT2D eigenvalue weighted by molar-refractivity contribution is 1.17. The van der Waals surface area contributed by atoms with Crippen molar-refractivity contribution in [3.8, 4) is 10.8 Å². The Kier molecular flexibility index (Phi) is 15.4. The van der Waals surface area contributed by atoms with Gasteiger partial charge in [0.2, 0.25) is 0 Å². The summed E-state index contributed by atoms with van der Waals surface area (Å²) < 4.78 is 0. The van der Waals surface area contributed by atoms with E-state index < -0.39 is 0 Å². The average molecular weight is 1440 g/mol. The van der Waals surface area contributed by atoms with Gasteiger partial charge in [0.1, 0.15) is 0 Å². The molecule has 490 valence electrons. The molecule has 0 atom stereocenters. The van der Waals surface area contributed by atoms with E-state index in [1.807, 2.05) is 57.8 Å². The van der Waals surface area contributed by atoms with Gasteiger partial charge in [-0.2, -0.15) is 0 Å². The third-order valence-electron chi connectivity index (χ3n) is 19.5. The van der Waals surface area contributed by atoms with E-state index in [9.17, 15) is 0 Å². The van der Waals surface area contributed by atoms with Gasteiger partial charge in [0.25, 0.3) is 0 Å². The van der Waals surface area contributed by atoms with E-state index in [4.69, 9.17) is 43.1 Å². The highest BCUT2D eigenvalue weighted by Crippen LogP contribution is 2.56. The number of halogens is 2. The number of para-hydroxylation sites is 8. The monoisotopic (exact) mass is 1440 g/mol. The zero-order chi connectivity index (χ0) is 68.9. The van der Waals surface area contributed by atoms with Crippen molar-refractivity contribution in [1.29, 1.82) is 0 Å². The molecule has 0 N–H and O–H groups in total. The number of hydrogen-bond donors (Lipinski definition) is 0. The molecule has 4 aliphatic heterocycles. The predicted molar refractivity (Wildman–Crippen MR) is 439 cm³/mol. The second kappa shape index (κ2) is 25.8. The summed E-state index contributed by atoms with van der Waals surface area (Å²) in [5.41, 5.74) is 21.4. The average Bonchev–Trinajstić information content (AvgIpc) is 0.734. The minimum atomic E-state index is 0.901. The molecule has 0 spiro atoms. The first-order valence-electron chi connectivity index (χ1n) is 33.9. The summed E-state index contributed by atoms with van der Waals surface area (Å²) in [5.74, 6) is 0. The van der Waals surface area contributed by atoms with Gasteiger partial charge < -0.3 is 19.6 Å². The summed E-state index contributed by atoms with van der Waals surface area (Å²) in [5, 5.41) is 12.8. The smallest absolute Gasteiger partial charge is 0.0973 e. The summed E-state index contributed by atoms with van der Waals surface area (Å²) in [7, 11) is 0. The molecule has 18 aromatic rings. The van der Waals surface area contributed by atoms with Crippen LogP contribution in [0.4, 0.5) is 68.2 Å². The third-order valence-corrected chi connectivity index (χ3v) is 24.3.